The molecule has 14 heavy (non-hydrogen) atoms. The second-order valence-corrected chi connectivity index (χ2v) is 4.59. The van der Waals surface area contributed by atoms with Crippen LogP contribution in [0.25, 0.3) is 10.2 Å². The Bertz CT molecular complexity index is 518. The Balaban J connectivity index is 2.15. The maximum absolute atomic E-state index is 5.89. The minimum Gasteiger partial charge on any atom is -0.321 e. The number of anilines is 1. The first-order valence-corrected chi connectivity index (χ1v) is 5.52. The Hall–Kier alpha value is -1.06. The molecule has 2 nitrogen and oxygen atoms in total. The monoisotopic (exact) mass is 222 g/mol. The summed E-state index contributed by atoms with van der Waals surface area (Å²) in [6.45, 7) is 0.966. The van der Waals surface area contributed by atoms with E-state index in [1.807, 2.05) is 24.4 Å². The number of hydrogen-bond acceptors (Lipinski definition) is 3. The fourth-order valence-electron chi connectivity index (χ4n) is 1.36. The van der Waals surface area contributed by atoms with Crippen LogP contribution in [0.3, 0.4) is 0 Å². The van der Waals surface area contributed by atoms with Gasteiger partial charge in [-0.25, -0.2) is 4.98 Å². The zero-order chi connectivity index (χ0) is 9.54. The maximum Gasteiger partial charge on any atom is 0.190 e. The molecule has 1 aliphatic rings. The number of benzene rings is 1. The molecule has 1 aromatic carbocycles. The molecule has 0 aliphatic carbocycles. The predicted octanol–water partition coefficient (Wildman–Crippen LogP) is 3.28. The second kappa shape index (κ2) is 2.97. The van der Waals surface area contributed by atoms with E-state index in [0.717, 1.165) is 22.2 Å². The van der Waals surface area contributed by atoms with Gasteiger partial charge in [0, 0.05) is 17.8 Å². The van der Waals surface area contributed by atoms with Gasteiger partial charge in [-0.15, -0.1) is 0 Å². The molecule has 0 radical (unpaired) electrons. The maximum atomic E-state index is 5.89. The highest BCUT2D eigenvalue weighted by molar-refractivity contribution is 7.22. The normalized spacial score (nSPS) is 14.8. The van der Waals surface area contributed by atoms with E-state index < -0.39 is 0 Å². The number of nitrogens with zero attached hydrogens (tertiary/aromatic N) is 2. The average Bonchev–Trinajstić information content (AvgIpc) is 2.43. The molecule has 0 fully saturated rings. The van der Waals surface area contributed by atoms with Crippen LogP contribution in [0, 0.1) is 0 Å². The van der Waals surface area contributed by atoms with E-state index >= 15 is 0 Å². The summed E-state index contributed by atoms with van der Waals surface area (Å²) in [6, 6.07) is 5.82. The molecule has 0 atom stereocenters. The third-order valence-corrected chi connectivity index (χ3v) is 3.48. The van der Waals surface area contributed by atoms with Crippen molar-refractivity contribution >= 4 is 38.3 Å². The number of hydrogen-bond donors (Lipinski definition) is 0. The van der Waals surface area contributed by atoms with Gasteiger partial charge in [0.15, 0.2) is 5.13 Å². The van der Waals surface area contributed by atoms with Crippen molar-refractivity contribution in [2.45, 2.75) is 0 Å². The smallest absolute Gasteiger partial charge is 0.190 e. The van der Waals surface area contributed by atoms with Gasteiger partial charge in [-0.2, -0.15) is 0 Å². The number of halogens is 1. The first kappa shape index (κ1) is 8.26. The summed E-state index contributed by atoms with van der Waals surface area (Å²) in [5.41, 5.74) is 0.984. The van der Waals surface area contributed by atoms with Crippen molar-refractivity contribution in [3.05, 3.63) is 35.5 Å². The second-order valence-electron chi connectivity index (χ2n) is 3.15. The first-order valence-electron chi connectivity index (χ1n) is 4.32. The van der Waals surface area contributed by atoms with Crippen LogP contribution in [-0.2, 0) is 0 Å². The van der Waals surface area contributed by atoms with Crippen LogP contribution in [0.5, 0.6) is 0 Å². The number of rotatable bonds is 1. The van der Waals surface area contributed by atoms with E-state index in [-0.39, 0.29) is 0 Å². The molecule has 1 aliphatic heterocycles. The van der Waals surface area contributed by atoms with E-state index in [1.165, 1.54) is 4.70 Å². The van der Waals surface area contributed by atoms with Gasteiger partial charge in [0.2, 0.25) is 0 Å². The molecule has 0 amide bonds. The fourth-order valence-corrected chi connectivity index (χ4v) is 2.47. The summed E-state index contributed by atoms with van der Waals surface area (Å²) in [5.74, 6) is 0. The van der Waals surface area contributed by atoms with Crippen molar-refractivity contribution in [1.29, 1.82) is 0 Å². The molecule has 1 aromatic heterocycles. The molecule has 4 heteroatoms. The van der Waals surface area contributed by atoms with Gasteiger partial charge in [-0.3, -0.25) is 0 Å². The number of fused-ring (bicyclic) bond motifs is 1. The molecular formula is C10H7ClN2S. The van der Waals surface area contributed by atoms with Gasteiger partial charge in [0.1, 0.15) is 0 Å². The molecule has 70 valence electrons. The van der Waals surface area contributed by atoms with Crippen LogP contribution < -0.4 is 4.90 Å². The third-order valence-electron chi connectivity index (χ3n) is 2.17. The van der Waals surface area contributed by atoms with Crippen molar-refractivity contribution < 1.29 is 0 Å². The first-order chi connectivity index (χ1) is 6.83. The van der Waals surface area contributed by atoms with E-state index in [9.17, 15) is 0 Å². The molecule has 3 rings (SSSR count). The summed E-state index contributed by atoms with van der Waals surface area (Å²) in [7, 11) is 0. The highest BCUT2D eigenvalue weighted by Gasteiger charge is 2.12. The highest BCUT2D eigenvalue weighted by Crippen LogP contribution is 2.31. The average molecular weight is 223 g/mol. The van der Waals surface area contributed by atoms with E-state index in [4.69, 9.17) is 11.6 Å². The Morgan fingerprint density at radius 3 is 3.00 bits per heavy atom. The fraction of sp³-hybridized carbons (Fsp3) is 0.100. The van der Waals surface area contributed by atoms with Crippen LogP contribution in [-0.4, -0.2) is 11.5 Å². The Morgan fingerprint density at radius 2 is 2.29 bits per heavy atom. The van der Waals surface area contributed by atoms with E-state index in [1.54, 1.807) is 11.3 Å². The van der Waals surface area contributed by atoms with Crippen molar-refractivity contribution in [3.63, 3.8) is 0 Å². The minimum absolute atomic E-state index is 0.744. The minimum atomic E-state index is 0.744. The highest BCUT2D eigenvalue weighted by atomic mass is 35.5. The summed E-state index contributed by atoms with van der Waals surface area (Å²) in [5, 5.41) is 1.79. The lowest BCUT2D eigenvalue weighted by Gasteiger charge is -2.21. The zero-order valence-corrected chi connectivity index (χ0v) is 8.85. The molecule has 0 N–H and O–H groups in total. The van der Waals surface area contributed by atoms with Crippen molar-refractivity contribution in [2.75, 3.05) is 11.4 Å². The summed E-state index contributed by atoms with van der Waals surface area (Å²) < 4.78 is 1.18. The van der Waals surface area contributed by atoms with Crippen LogP contribution in [0.4, 0.5) is 5.13 Å². The van der Waals surface area contributed by atoms with Crippen molar-refractivity contribution in [2.24, 2.45) is 0 Å². The van der Waals surface area contributed by atoms with Gasteiger partial charge >= 0.3 is 0 Å². The molecular weight excluding hydrogens is 216 g/mol. The summed E-state index contributed by atoms with van der Waals surface area (Å²) in [6.07, 6.45) is 4.15. The summed E-state index contributed by atoms with van der Waals surface area (Å²) in [4.78, 5) is 6.63. The Morgan fingerprint density at radius 1 is 1.43 bits per heavy atom. The SMILES string of the molecule is Clc1ccc2sc(N3C=CC3)nc2c1. The lowest BCUT2D eigenvalue weighted by Crippen LogP contribution is -2.22. The van der Waals surface area contributed by atoms with E-state index in [2.05, 4.69) is 16.0 Å². The van der Waals surface area contributed by atoms with Gasteiger partial charge in [0.25, 0.3) is 0 Å². The molecule has 0 unspecified atom stereocenters. The standard InChI is InChI=1S/C10H7ClN2S/c11-7-2-3-9-8(6-7)12-10(14-9)13-4-1-5-13/h1-4,6H,5H2. The van der Waals surface area contributed by atoms with Crippen LogP contribution >= 0.6 is 22.9 Å². The topological polar surface area (TPSA) is 16.1 Å². The van der Waals surface area contributed by atoms with Crippen LogP contribution in [0.15, 0.2) is 30.5 Å². The van der Waals surface area contributed by atoms with Crippen molar-refractivity contribution in [1.82, 2.24) is 4.98 Å². The van der Waals surface area contributed by atoms with Gasteiger partial charge in [0.05, 0.1) is 10.2 Å². The molecule has 0 saturated carbocycles. The molecule has 0 spiro atoms. The Labute approximate surface area is 90.4 Å². The lowest BCUT2D eigenvalue weighted by molar-refractivity contribution is 0.999. The molecule has 0 saturated heterocycles. The van der Waals surface area contributed by atoms with Crippen LogP contribution in [0.2, 0.25) is 5.02 Å². The number of aromatic nitrogens is 1. The third kappa shape index (κ3) is 1.21. The van der Waals surface area contributed by atoms with E-state index in [0.29, 0.717) is 0 Å². The van der Waals surface area contributed by atoms with Gasteiger partial charge in [-0.1, -0.05) is 22.9 Å². The Kier molecular flexibility index (Phi) is 1.75. The lowest BCUT2D eigenvalue weighted by atomic mass is 10.3. The van der Waals surface area contributed by atoms with Gasteiger partial charge in [-0.05, 0) is 24.3 Å². The predicted molar refractivity (Wildman–Crippen MR) is 61.1 cm³/mol. The van der Waals surface area contributed by atoms with Crippen molar-refractivity contribution in [3.8, 4) is 0 Å². The molecule has 0 bridgehead atoms. The molecule has 2 heterocycles. The van der Waals surface area contributed by atoms with Gasteiger partial charge < -0.3 is 4.90 Å². The number of thiazole rings is 1. The quantitative estimate of drug-likeness (QED) is 0.736. The van der Waals surface area contributed by atoms with Crippen LogP contribution in [0.1, 0.15) is 0 Å². The molecule has 2 aromatic rings. The largest absolute Gasteiger partial charge is 0.321 e. The summed E-state index contributed by atoms with van der Waals surface area (Å²) >= 11 is 7.59. The zero-order valence-electron chi connectivity index (χ0n) is 7.27.